The van der Waals surface area contributed by atoms with E-state index in [2.05, 4.69) is 41.4 Å². The Morgan fingerprint density at radius 1 is 1.29 bits per heavy atom. The van der Waals surface area contributed by atoms with Gasteiger partial charge in [-0.1, -0.05) is 26.0 Å². The van der Waals surface area contributed by atoms with Gasteiger partial charge in [-0.25, -0.2) is 9.67 Å². The molecule has 2 aromatic rings. The van der Waals surface area contributed by atoms with Gasteiger partial charge in [0.25, 0.3) is 0 Å². The number of aryl methyl sites for hydroxylation is 2. The number of benzene rings is 1. The van der Waals surface area contributed by atoms with Gasteiger partial charge in [0, 0.05) is 12.6 Å². The number of hydrogen-bond donors (Lipinski definition) is 1. The van der Waals surface area contributed by atoms with Crippen molar-refractivity contribution < 1.29 is 4.74 Å². The summed E-state index contributed by atoms with van der Waals surface area (Å²) in [5, 5.41) is 7.73. The molecule has 21 heavy (non-hydrogen) atoms. The Labute approximate surface area is 126 Å². The molecule has 0 saturated carbocycles. The van der Waals surface area contributed by atoms with Crippen molar-refractivity contribution in [2.24, 2.45) is 0 Å². The van der Waals surface area contributed by atoms with Crippen LogP contribution >= 0.6 is 0 Å². The topological polar surface area (TPSA) is 52.0 Å². The molecular weight excluding hydrogens is 264 g/mol. The Morgan fingerprint density at radius 2 is 2.10 bits per heavy atom. The Hall–Kier alpha value is -1.88. The highest BCUT2D eigenvalue weighted by Crippen LogP contribution is 2.13. The minimum absolute atomic E-state index is 0.480. The summed E-state index contributed by atoms with van der Waals surface area (Å²) in [6, 6.07) is 8.67. The molecule has 0 unspecified atom stereocenters. The van der Waals surface area contributed by atoms with Crippen LogP contribution in [0.5, 0.6) is 5.75 Å². The number of aromatic nitrogens is 3. The summed E-state index contributed by atoms with van der Waals surface area (Å²) < 4.78 is 7.68. The minimum atomic E-state index is 0.480. The fraction of sp³-hybridized carbons (Fsp3) is 0.500. The lowest BCUT2D eigenvalue weighted by Gasteiger charge is -2.11. The van der Waals surface area contributed by atoms with Crippen LogP contribution in [0.2, 0.25) is 0 Å². The first-order chi connectivity index (χ1) is 10.0. The molecule has 2 rings (SSSR count). The first kappa shape index (κ1) is 15.5. The second-order valence-electron chi connectivity index (χ2n) is 5.46. The third-order valence-electron chi connectivity index (χ3n) is 3.15. The van der Waals surface area contributed by atoms with Gasteiger partial charge >= 0.3 is 0 Å². The van der Waals surface area contributed by atoms with Crippen LogP contribution in [0.1, 0.15) is 31.1 Å². The van der Waals surface area contributed by atoms with Crippen LogP contribution in [-0.4, -0.2) is 27.4 Å². The highest BCUT2D eigenvalue weighted by Gasteiger charge is 2.03. The summed E-state index contributed by atoms with van der Waals surface area (Å²) in [6.45, 7) is 10.3. The maximum absolute atomic E-state index is 5.81. The van der Waals surface area contributed by atoms with Crippen molar-refractivity contribution in [1.29, 1.82) is 0 Å². The van der Waals surface area contributed by atoms with E-state index in [0.29, 0.717) is 19.2 Å². The highest BCUT2D eigenvalue weighted by molar-refractivity contribution is 5.28. The van der Waals surface area contributed by atoms with Crippen molar-refractivity contribution in [3.8, 4) is 5.75 Å². The third-order valence-corrected chi connectivity index (χ3v) is 3.15. The molecule has 1 aromatic carbocycles. The van der Waals surface area contributed by atoms with Gasteiger partial charge in [-0.05, 0) is 31.5 Å². The minimum Gasteiger partial charge on any atom is -0.492 e. The molecule has 5 heteroatoms. The zero-order chi connectivity index (χ0) is 15.2. The maximum atomic E-state index is 5.81. The molecule has 1 heterocycles. The number of ether oxygens (including phenoxy) is 1. The van der Waals surface area contributed by atoms with Crippen molar-refractivity contribution >= 4 is 0 Å². The van der Waals surface area contributed by atoms with Crippen LogP contribution < -0.4 is 10.1 Å². The standard InChI is InChI=1S/C16H24N4O/c1-12(2)17-11-15-6-5-7-16(10-15)21-9-8-20-14(4)18-13(3)19-20/h5-7,10,12,17H,8-9,11H2,1-4H3. The molecule has 0 atom stereocenters. The summed E-state index contributed by atoms with van der Waals surface area (Å²) in [6.07, 6.45) is 0. The van der Waals surface area contributed by atoms with Crippen molar-refractivity contribution in [3.05, 3.63) is 41.5 Å². The van der Waals surface area contributed by atoms with Crippen molar-refractivity contribution in [3.63, 3.8) is 0 Å². The summed E-state index contributed by atoms with van der Waals surface area (Å²) in [5.41, 5.74) is 1.23. The predicted molar refractivity (Wildman–Crippen MR) is 83.4 cm³/mol. The Morgan fingerprint density at radius 3 is 2.76 bits per heavy atom. The highest BCUT2D eigenvalue weighted by atomic mass is 16.5. The molecular formula is C16H24N4O. The fourth-order valence-corrected chi connectivity index (χ4v) is 2.09. The molecule has 0 bridgehead atoms. The van der Waals surface area contributed by atoms with E-state index < -0.39 is 0 Å². The molecule has 0 radical (unpaired) electrons. The van der Waals surface area contributed by atoms with Gasteiger partial charge in [-0.15, -0.1) is 0 Å². The Balaban J connectivity index is 1.85. The largest absolute Gasteiger partial charge is 0.492 e. The number of hydrogen-bond acceptors (Lipinski definition) is 4. The molecule has 0 saturated heterocycles. The van der Waals surface area contributed by atoms with Crippen LogP contribution in [0.3, 0.4) is 0 Å². The summed E-state index contributed by atoms with van der Waals surface area (Å²) >= 11 is 0. The van der Waals surface area contributed by atoms with E-state index in [1.165, 1.54) is 5.56 Å². The molecule has 1 N–H and O–H groups in total. The van der Waals surface area contributed by atoms with Gasteiger partial charge < -0.3 is 10.1 Å². The Bertz CT molecular complexity index is 577. The van der Waals surface area contributed by atoms with Gasteiger partial charge in [0.15, 0.2) is 0 Å². The van der Waals surface area contributed by atoms with Crippen molar-refractivity contribution in [1.82, 2.24) is 20.1 Å². The number of nitrogens with zero attached hydrogens (tertiary/aromatic N) is 3. The second kappa shape index (κ2) is 7.22. The van der Waals surface area contributed by atoms with Gasteiger partial charge in [0.1, 0.15) is 24.0 Å². The fourth-order valence-electron chi connectivity index (χ4n) is 2.09. The summed E-state index contributed by atoms with van der Waals surface area (Å²) in [4.78, 5) is 4.28. The van der Waals surface area contributed by atoms with Crippen LogP contribution in [0.15, 0.2) is 24.3 Å². The van der Waals surface area contributed by atoms with Gasteiger partial charge in [-0.3, -0.25) is 0 Å². The number of nitrogens with one attached hydrogen (secondary N) is 1. The molecule has 0 aliphatic heterocycles. The molecule has 5 nitrogen and oxygen atoms in total. The molecule has 0 aliphatic carbocycles. The molecule has 114 valence electrons. The van der Waals surface area contributed by atoms with E-state index in [9.17, 15) is 0 Å². The van der Waals surface area contributed by atoms with Crippen LogP contribution in [0.25, 0.3) is 0 Å². The summed E-state index contributed by atoms with van der Waals surface area (Å²) in [7, 11) is 0. The van der Waals surface area contributed by atoms with Crippen LogP contribution in [0.4, 0.5) is 0 Å². The van der Waals surface area contributed by atoms with Crippen LogP contribution in [-0.2, 0) is 13.1 Å². The molecule has 0 spiro atoms. The molecule has 0 amide bonds. The second-order valence-corrected chi connectivity index (χ2v) is 5.46. The van der Waals surface area contributed by atoms with E-state index in [0.717, 1.165) is 23.9 Å². The maximum Gasteiger partial charge on any atom is 0.147 e. The normalized spacial score (nSPS) is 11.1. The van der Waals surface area contributed by atoms with Gasteiger partial charge in [0.05, 0.1) is 6.54 Å². The first-order valence-electron chi connectivity index (χ1n) is 7.38. The molecule has 0 fully saturated rings. The van der Waals surface area contributed by atoms with E-state index in [-0.39, 0.29) is 0 Å². The van der Waals surface area contributed by atoms with E-state index in [1.807, 2.05) is 30.7 Å². The van der Waals surface area contributed by atoms with Crippen molar-refractivity contribution in [2.75, 3.05) is 6.61 Å². The predicted octanol–water partition coefficient (Wildman–Crippen LogP) is 2.47. The lowest BCUT2D eigenvalue weighted by atomic mass is 10.2. The van der Waals surface area contributed by atoms with E-state index in [1.54, 1.807) is 0 Å². The average molecular weight is 288 g/mol. The first-order valence-corrected chi connectivity index (χ1v) is 7.38. The molecule has 1 aromatic heterocycles. The zero-order valence-corrected chi connectivity index (χ0v) is 13.3. The molecule has 0 aliphatic rings. The zero-order valence-electron chi connectivity index (χ0n) is 13.3. The smallest absolute Gasteiger partial charge is 0.147 e. The Kier molecular flexibility index (Phi) is 5.33. The lowest BCUT2D eigenvalue weighted by Crippen LogP contribution is -2.21. The third kappa shape index (κ3) is 4.86. The van der Waals surface area contributed by atoms with E-state index in [4.69, 9.17) is 4.74 Å². The SMILES string of the molecule is Cc1nc(C)n(CCOc2cccc(CNC(C)C)c2)n1. The quantitative estimate of drug-likeness (QED) is 0.850. The van der Waals surface area contributed by atoms with Crippen molar-refractivity contribution in [2.45, 2.75) is 46.8 Å². The van der Waals surface area contributed by atoms with Crippen LogP contribution in [0, 0.1) is 13.8 Å². The lowest BCUT2D eigenvalue weighted by molar-refractivity contribution is 0.289. The average Bonchev–Trinajstić information content (AvgIpc) is 2.75. The number of rotatable bonds is 7. The van der Waals surface area contributed by atoms with E-state index >= 15 is 0 Å². The monoisotopic (exact) mass is 288 g/mol. The summed E-state index contributed by atoms with van der Waals surface area (Å²) in [5.74, 6) is 2.62. The van der Waals surface area contributed by atoms with Gasteiger partial charge in [0.2, 0.25) is 0 Å². The van der Waals surface area contributed by atoms with Gasteiger partial charge in [-0.2, -0.15) is 5.10 Å².